The molecule has 1 aliphatic rings. The summed E-state index contributed by atoms with van der Waals surface area (Å²) < 4.78 is 11.0. The Morgan fingerprint density at radius 3 is 2.19 bits per heavy atom. The first-order valence-electron chi connectivity index (χ1n) is 12.4. The summed E-state index contributed by atoms with van der Waals surface area (Å²) in [6.45, 7) is 9.05. The van der Waals surface area contributed by atoms with Crippen LogP contribution < -0.4 is 9.47 Å². The third-order valence-electron chi connectivity index (χ3n) is 6.58. The SMILES string of the molecule is CCOc1ccc(CN2C(=O)C(=O)/C(=C(\O)c3ccccc3OC)C2c2ccc(C(C)(C)C)cc2)cc1. The van der Waals surface area contributed by atoms with Gasteiger partial charge >= 0.3 is 0 Å². The molecule has 1 unspecified atom stereocenters. The van der Waals surface area contributed by atoms with Crippen molar-refractivity contribution in [1.82, 2.24) is 4.90 Å². The smallest absolute Gasteiger partial charge is 0.295 e. The zero-order chi connectivity index (χ0) is 26.7. The molecule has 37 heavy (non-hydrogen) atoms. The average molecular weight is 500 g/mol. The summed E-state index contributed by atoms with van der Waals surface area (Å²) in [5, 5.41) is 11.4. The Morgan fingerprint density at radius 1 is 0.946 bits per heavy atom. The number of ether oxygens (including phenoxy) is 2. The van der Waals surface area contributed by atoms with Gasteiger partial charge < -0.3 is 19.5 Å². The maximum atomic E-state index is 13.4. The first-order chi connectivity index (χ1) is 17.7. The van der Waals surface area contributed by atoms with Crippen molar-refractivity contribution in [2.75, 3.05) is 13.7 Å². The number of hydrogen-bond donors (Lipinski definition) is 1. The van der Waals surface area contributed by atoms with Crippen molar-refractivity contribution < 1.29 is 24.2 Å². The zero-order valence-electron chi connectivity index (χ0n) is 21.9. The largest absolute Gasteiger partial charge is 0.507 e. The summed E-state index contributed by atoms with van der Waals surface area (Å²) in [7, 11) is 1.50. The lowest BCUT2D eigenvalue weighted by Gasteiger charge is -2.27. The molecular formula is C31H33NO5. The number of hydrogen-bond acceptors (Lipinski definition) is 5. The minimum absolute atomic E-state index is 0.0453. The zero-order valence-corrected chi connectivity index (χ0v) is 21.9. The van der Waals surface area contributed by atoms with E-state index in [1.54, 1.807) is 24.3 Å². The van der Waals surface area contributed by atoms with Gasteiger partial charge in [-0.25, -0.2) is 0 Å². The Labute approximate surface area is 218 Å². The number of carbonyl (C=O) groups is 2. The van der Waals surface area contributed by atoms with Crippen LogP contribution in [0.4, 0.5) is 0 Å². The van der Waals surface area contributed by atoms with E-state index in [4.69, 9.17) is 9.47 Å². The van der Waals surface area contributed by atoms with Crippen molar-refractivity contribution in [3.63, 3.8) is 0 Å². The van der Waals surface area contributed by atoms with E-state index in [1.165, 1.54) is 12.0 Å². The Balaban J connectivity index is 1.83. The number of methoxy groups -OCH3 is 1. The molecule has 0 radical (unpaired) electrons. The van der Waals surface area contributed by atoms with Crippen molar-refractivity contribution in [1.29, 1.82) is 0 Å². The van der Waals surface area contributed by atoms with Gasteiger partial charge in [0.15, 0.2) is 0 Å². The molecule has 0 aliphatic carbocycles. The maximum Gasteiger partial charge on any atom is 0.295 e. The molecule has 0 bridgehead atoms. The van der Waals surface area contributed by atoms with Crippen molar-refractivity contribution in [3.8, 4) is 11.5 Å². The molecule has 1 heterocycles. The number of aliphatic hydroxyl groups is 1. The molecule has 1 saturated heterocycles. The second-order valence-corrected chi connectivity index (χ2v) is 10.1. The second-order valence-electron chi connectivity index (χ2n) is 10.1. The van der Waals surface area contributed by atoms with Gasteiger partial charge in [0.2, 0.25) is 0 Å². The maximum absolute atomic E-state index is 13.4. The van der Waals surface area contributed by atoms with E-state index in [0.717, 1.165) is 22.4 Å². The van der Waals surface area contributed by atoms with Gasteiger partial charge in [-0.05, 0) is 53.3 Å². The predicted molar refractivity (Wildman–Crippen MR) is 144 cm³/mol. The second kappa shape index (κ2) is 10.5. The molecule has 6 nitrogen and oxygen atoms in total. The van der Waals surface area contributed by atoms with Crippen LogP contribution >= 0.6 is 0 Å². The third-order valence-corrected chi connectivity index (χ3v) is 6.58. The van der Waals surface area contributed by atoms with Crippen LogP contribution in [0.15, 0.2) is 78.4 Å². The van der Waals surface area contributed by atoms with Crippen LogP contribution in [0.5, 0.6) is 11.5 Å². The fraction of sp³-hybridized carbons (Fsp3) is 0.290. The Kier molecular flexibility index (Phi) is 7.39. The van der Waals surface area contributed by atoms with E-state index >= 15 is 0 Å². The lowest BCUT2D eigenvalue weighted by Crippen LogP contribution is -2.29. The molecule has 0 saturated carbocycles. The average Bonchev–Trinajstić information content (AvgIpc) is 3.14. The van der Waals surface area contributed by atoms with Crippen LogP contribution in [0.3, 0.4) is 0 Å². The molecule has 1 amide bonds. The number of likely N-dealkylation sites (tertiary alicyclic amines) is 1. The predicted octanol–water partition coefficient (Wildman–Crippen LogP) is 6.01. The molecule has 1 N–H and O–H groups in total. The molecule has 0 spiro atoms. The molecule has 0 aromatic heterocycles. The van der Waals surface area contributed by atoms with E-state index in [1.807, 2.05) is 55.5 Å². The molecule has 192 valence electrons. The highest BCUT2D eigenvalue weighted by Crippen LogP contribution is 2.42. The van der Waals surface area contributed by atoms with E-state index in [2.05, 4.69) is 20.8 Å². The standard InChI is InChI=1S/C31H33NO5/c1-6-37-23-17-11-20(12-18-23)19-32-27(21-13-15-22(16-14-21)31(2,3)4)26(29(34)30(32)35)28(33)24-9-7-8-10-25(24)36-5/h7-18,27,33H,6,19H2,1-5H3/b28-26-. The number of carbonyl (C=O) groups excluding carboxylic acids is 2. The van der Waals surface area contributed by atoms with Gasteiger partial charge in [-0.2, -0.15) is 0 Å². The topological polar surface area (TPSA) is 76.1 Å². The fourth-order valence-corrected chi connectivity index (χ4v) is 4.59. The van der Waals surface area contributed by atoms with Gasteiger partial charge in [0, 0.05) is 6.54 Å². The number of amides is 1. The van der Waals surface area contributed by atoms with Crippen LogP contribution in [-0.4, -0.2) is 35.4 Å². The highest BCUT2D eigenvalue weighted by Gasteiger charge is 2.46. The quantitative estimate of drug-likeness (QED) is 0.245. The third kappa shape index (κ3) is 5.24. The number of rotatable bonds is 7. The van der Waals surface area contributed by atoms with Crippen molar-refractivity contribution in [2.45, 2.75) is 45.7 Å². The van der Waals surface area contributed by atoms with Gasteiger partial charge in [0.05, 0.1) is 30.9 Å². The van der Waals surface area contributed by atoms with Crippen molar-refractivity contribution >= 4 is 17.4 Å². The van der Waals surface area contributed by atoms with Crippen LogP contribution in [-0.2, 0) is 21.5 Å². The number of ketones is 1. The Bertz CT molecular complexity index is 1320. The first-order valence-corrected chi connectivity index (χ1v) is 12.4. The molecule has 4 rings (SSSR count). The molecule has 1 aliphatic heterocycles. The Hall–Kier alpha value is -4.06. The summed E-state index contributed by atoms with van der Waals surface area (Å²) in [6, 6.07) is 21.5. The highest BCUT2D eigenvalue weighted by atomic mass is 16.5. The summed E-state index contributed by atoms with van der Waals surface area (Å²) >= 11 is 0. The molecule has 3 aromatic carbocycles. The van der Waals surface area contributed by atoms with E-state index < -0.39 is 17.7 Å². The van der Waals surface area contributed by atoms with Crippen molar-refractivity contribution in [2.24, 2.45) is 0 Å². The van der Waals surface area contributed by atoms with E-state index in [0.29, 0.717) is 17.9 Å². The van der Waals surface area contributed by atoms with Gasteiger partial charge in [0.25, 0.3) is 11.7 Å². The number of Topliss-reactive ketones (excluding diaryl/α,β-unsaturated/α-hetero) is 1. The Morgan fingerprint density at radius 2 is 1.59 bits per heavy atom. The summed E-state index contributed by atoms with van der Waals surface area (Å²) in [6.07, 6.45) is 0. The lowest BCUT2D eigenvalue weighted by molar-refractivity contribution is -0.140. The molecule has 3 aromatic rings. The number of benzene rings is 3. The van der Waals surface area contributed by atoms with Gasteiger partial charge in [0.1, 0.15) is 17.3 Å². The number of aliphatic hydroxyl groups excluding tert-OH is 1. The van der Waals surface area contributed by atoms with Crippen molar-refractivity contribution in [3.05, 3.63) is 101 Å². The molecular weight excluding hydrogens is 466 g/mol. The highest BCUT2D eigenvalue weighted by molar-refractivity contribution is 6.46. The molecule has 6 heteroatoms. The number of nitrogens with zero attached hydrogens (tertiary/aromatic N) is 1. The van der Waals surface area contributed by atoms with Gasteiger partial charge in [-0.1, -0.05) is 69.3 Å². The minimum Gasteiger partial charge on any atom is -0.507 e. The number of para-hydroxylation sites is 1. The van der Waals surface area contributed by atoms with Crippen LogP contribution in [0, 0.1) is 0 Å². The summed E-state index contributed by atoms with van der Waals surface area (Å²) in [5.41, 5.74) is 3.07. The van der Waals surface area contributed by atoms with Crippen LogP contribution in [0.2, 0.25) is 0 Å². The summed E-state index contributed by atoms with van der Waals surface area (Å²) in [4.78, 5) is 28.3. The van der Waals surface area contributed by atoms with Gasteiger partial charge in [-0.3, -0.25) is 9.59 Å². The van der Waals surface area contributed by atoms with Crippen LogP contribution in [0.25, 0.3) is 5.76 Å². The van der Waals surface area contributed by atoms with Crippen LogP contribution in [0.1, 0.15) is 56.0 Å². The molecule has 1 atom stereocenters. The first kappa shape index (κ1) is 26.0. The minimum atomic E-state index is -0.759. The summed E-state index contributed by atoms with van der Waals surface area (Å²) in [5.74, 6) is -0.484. The fourth-order valence-electron chi connectivity index (χ4n) is 4.59. The van der Waals surface area contributed by atoms with E-state index in [9.17, 15) is 14.7 Å². The molecule has 1 fully saturated rings. The lowest BCUT2D eigenvalue weighted by atomic mass is 9.85. The normalized spacial score (nSPS) is 17.2. The monoisotopic (exact) mass is 499 g/mol. The van der Waals surface area contributed by atoms with Gasteiger partial charge in [-0.15, -0.1) is 0 Å². The van der Waals surface area contributed by atoms with E-state index in [-0.39, 0.29) is 23.3 Å².